The predicted molar refractivity (Wildman–Crippen MR) is 82.8 cm³/mol. The average molecular weight is 275 g/mol. The van der Waals surface area contributed by atoms with Crippen molar-refractivity contribution in [2.45, 2.75) is 32.2 Å². The first-order valence-electron chi connectivity index (χ1n) is 7.59. The topological polar surface area (TPSA) is 44.4 Å². The summed E-state index contributed by atoms with van der Waals surface area (Å²) in [5, 5.41) is 6.35. The number of carbonyl (C=O) groups excluding carboxylic acids is 1. The summed E-state index contributed by atoms with van der Waals surface area (Å²) in [5.41, 5.74) is 0.877. The Morgan fingerprint density at radius 3 is 2.80 bits per heavy atom. The number of amides is 1. The van der Waals surface area contributed by atoms with E-state index in [1.54, 1.807) is 0 Å². The van der Waals surface area contributed by atoms with Crippen molar-refractivity contribution < 1.29 is 4.79 Å². The van der Waals surface area contributed by atoms with Crippen molar-refractivity contribution in [2.75, 3.05) is 31.5 Å². The van der Waals surface area contributed by atoms with Gasteiger partial charge in [-0.2, -0.15) is 0 Å². The van der Waals surface area contributed by atoms with E-state index >= 15 is 0 Å². The molecule has 1 fully saturated rings. The standard InChI is InChI=1S/C16H25N3O/c1-2-11-19(15-8-10-17-13-15)12-9-16(20)18-14-6-4-3-5-7-14/h3-7,15,17H,2,8-13H2,1H3,(H,18,20). The molecule has 110 valence electrons. The maximum Gasteiger partial charge on any atom is 0.225 e. The van der Waals surface area contributed by atoms with Gasteiger partial charge in [0.25, 0.3) is 0 Å². The molecule has 1 aliphatic rings. The number of nitrogens with zero attached hydrogens (tertiary/aromatic N) is 1. The van der Waals surface area contributed by atoms with Gasteiger partial charge in [-0.1, -0.05) is 25.1 Å². The van der Waals surface area contributed by atoms with Crippen molar-refractivity contribution in [2.24, 2.45) is 0 Å². The summed E-state index contributed by atoms with van der Waals surface area (Å²) in [7, 11) is 0. The summed E-state index contributed by atoms with van der Waals surface area (Å²) in [6.07, 6.45) is 2.89. The molecule has 2 N–H and O–H groups in total. The molecule has 4 heteroatoms. The average Bonchev–Trinajstić information content (AvgIpc) is 2.98. The van der Waals surface area contributed by atoms with E-state index in [0.29, 0.717) is 12.5 Å². The Kier molecular flexibility index (Phi) is 6.02. The molecule has 0 saturated carbocycles. The van der Waals surface area contributed by atoms with Gasteiger partial charge in [-0.3, -0.25) is 9.69 Å². The van der Waals surface area contributed by atoms with E-state index in [0.717, 1.165) is 38.3 Å². The number of rotatable bonds is 7. The number of nitrogens with one attached hydrogen (secondary N) is 2. The second kappa shape index (κ2) is 8.02. The lowest BCUT2D eigenvalue weighted by Crippen LogP contribution is -2.39. The minimum Gasteiger partial charge on any atom is -0.326 e. The lowest BCUT2D eigenvalue weighted by atomic mass is 10.2. The van der Waals surface area contributed by atoms with Gasteiger partial charge in [0.15, 0.2) is 0 Å². The Morgan fingerprint density at radius 2 is 2.15 bits per heavy atom. The summed E-state index contributed by atoms with van der Waals surface area (Å²) in [5.74, 6) is 0.100. The van der Waals surface area contributed by atoms with E-state index in [1.165, 1.54) is 6.42 Å². The fraction of sp³-hybridized carbons (Fsp3) is 0.562. The molecule has 1 saturated heterocycles. The van der Waals surface area contributed by atoms with Gasteiger partial charge in [0, 0.05) is 31.2 Å². The molecule has 0 radical (unpaired) electrons. The van der Waals surface area contributed by atoms with Crippen LogP contribution in [0.2, 0.25) is 0 Å². The zero-order valence-corrected chi connectivity index (χ0v) is 12.3. The number of para-hydroxylation sites is 1. The van der Waals surface area contributed by atoms with Crippen LogP contribution in [0.4, 0.5) is 5.69 Å². The Morgan fingerprint density at radius 1 is 1.35 bits per heavy atom. The smallest absolute Gasteiger partial charge is 0.225 e. The zero-order valence-electron chi connectivity index (χ0n) is 12.3. The molecule has 1 unspecified atom stereocenters. The van der Waals surface area contributed by atoms with Gasteiger partial charge in [0.2, 0.25) is 5.91 Å². The van der Waals surface area contributed by atoms with Crippen LogP contribution < -0.4 is 10.6 Å². The highest BCUT2D eigenvalue weighted by molar-refractivity contribution is 5.90. The van der Waals surface area contributed by atoms with Crippen LogP contribution in [0.25, 0.3) is 0 Å². The third-order valence-electron chi connectivity index (χ3n) is 3.75. The molecule has 0 aromatic heterocycles. The van der Waals surface area contributed by atoms with E-state index < -0.39 is 0 Å². The van der Waals surface area contributed by atoms with E-state index in [2.05, 4.69) is 22.5 Å². The van der Waals surface area contributed by atoms with Gasteiger partial charge < -0.3 is 10.6 Å². The van der Waals surface area contributed by atoms with Crippen LogP contribution in [0.3, 0.4) is 0 Å². The SMILES string of the molecule is CCCN(CCC(=O)Nc1ccccc1)C1CCNC1. The third-order valence-corrected chi connectivity index (χ3v) is 3.75. The predicted octanol–water partition coefficient (Wildman–Crippen LogP) is 2.09. The fourth-order valence-corrected chi connectivity index (χ4v) is 2.71. The molecule has 1 heterocycles. The maximum absolute atomic E-state index is 12.0. The van der Waals surface area contributed by atoms with Crippen LogP contribution in [-0.2, 0) is 4.79 Å². The summed E-state index contributed by atoms with van der Waals surface area (Å²) in [6, 6.07) is 10.3. The second-order valence-corrected chi connectivity index (χ2v) is 5.35. The van der Waals surface area contributed by atoms with E-state index in [-0.39, 0.29) is 5.91 Å². The van der Waals surface area contributed by atoms with Crippen molar-refractivity contribution in [3.8, 4) is 0 Å². The largest absolute Gasteiger partial charge is 0.326 e. The zero-order chi connectivity index (χ0) is 14.2. The van der Waals surface area contributed by atoms with Crippen LogP contribution in [0.15, 0.2) is 30.3 Å². The first-order chi connectivity index (χ1) is 9.79. The Labute approximate surface area is 121 Å². The highest BCUT2D eigenvalue weighted by atomic mass is 16.1. The molecule has 2 rings (SSSR count). The molecular formula is C16H25N3O. The van der Waals surface area contributed by atoms with E-state index in [4.69, 9.17) is 0 Å². The third kappa shape index (κ3) is 4.62. The summed E-state index contributed by atoms with van der Waals surface area (Å²) >= 11 is 0. The van der Waals surface area contributed by atoms with Crippen molar-refractivity contribution in [1.29, 1.82) is 0 Å². The Hall–Kier alpha value is -1.39. The van der Waals surface area contributed by atoms with Gasteiger partial charge in [-0.05, 0) is 38.1 Å². The van der Waals surface area contributed by atoms with Gasteiger partial charge in [0.1, 0.15) is 0 Å². The molecule has 20 heavy (non-hydrogen) atoms. The van der Waals surface area contributed by atoms with Crippen LogP contribution in [0.1, 0.15) is 26.2 Å². The van der Waals surface area contributed by atoms with Crippen LogP contribution in [0, 0.1) is 0 Å². The summed E-state index contributed by atoms with van der Waals surface area (Å²) in [4.78, 5) is 14.4. The Bertz CT molecular complexity index is 401. The van der Waals surface area contributed by atoms with Gasteiger partial charge in [-0.15, -0.1) is 0 Å². The second-order valence-electron chi connectivity index (χ2n) is 5.35. The molecule has 1 aromatic rings. The van der Waals surface area contributed by atoms with Crippen LogP contribution >= 0.6 is 0 Å². The lowest BCUT2D eigenvalue weighted by Gasteiger charge is -2.27. The van der Waals surface area contributed by atoms with Crippen molar-refractivity contribution in [1.82, 2.24) is 10.2 Å². The monoisotopic (exact) mass is 275 g/mol. The molecule has 1 aliphatic heterocycles. The van der Waals surface area contributed by atoms with Gasteiger partial charge in [-0.25, -0.2) is 0 Å². The minimum atomic E-state index is 0.100. The molecule has 4 nitrogen and oxygen atoms in total. The maximum atomic E-state index is 12.0. The minimum absolute atomic E-state index is 0.100. The summed E-state index contributed by atoms with van der Waals surface area (Å²) in [6.45, 7) is 6.27. The number of carbonyl (C=O) groups is 1. The lowest BCUT2D eigenvalue weighted by molar-refractivity contribution is -0.116. The quantitative estimate of drug-likeness (QED) is 0.801. The van der Waals surface area contributed by atoms with E-state index in [1.807, 2.05) is 30.3 Å². The number of benzene rings is 1. The highest BCUT2D eigenvalue weighted by Gasteiger charge is 2.21. The van der Waals surface area contributed by atoms with Gasteiger partial charge >= 0.3 is 0 Å². The number of hydrogen-bond acceptors (Lipinski definition) is 3. The van der Waals surface area contributed by atoms with Crippen molar-refractivity contribution in [3.63, 3.8) is 0 Å². The first kappa shape index (κ1) is 15.0. The van der Waals surface area contributed by atoms with E-state index in [9.17, 15) is 4.79 Å². The van der Waals surface area contributed by atoms with Gasteiger partial charge in [0.05, 0.1) is 0 Å². The number of anilines is 1. The van der Waals surface area contributed by atoms with Crippen LogP contribution in [0.5, 0.6) is 0 Å². The molecule has 1 aromatic carbocycles. The molecule has 1 amide bonds. The Balaban J connectivity index is 1.78. The highest BCUT2D eigenvalue weighted by Crippen LogP contribution is 2.11. The number of hydrogen-bond donors (Lipinski definition) is 2. The normalized spacial score (nSPS) is 18.4. The molecular weight excluding hydrogens is 250 g/mol. The van der Waals surface area contributed by atoms with Crippen LogP contribution in [-0.4, -0.2) is 43.0 Å². The van der Waals surface area contributed by atoms with Crippen molar-refractivity contribution >= 4 is 11.6 Å². The fourth-order valence-electron chi connectivity index (χ4n) is 2.71. The molecule has 0 aliphatic carbocycles. The molecule has 0 bridgehead atoms. The first-order valence-corrected chi connectivity index (χ1v) is 7.59. The summed E-state index contributed by atoms with van der Waals surface area (Å²) < 4.78 is 0. The molecule has 1 atom stereocenters. The van der Waals surface area contributed by atoms with Crippen molar-refractivity contribution in [3.05, 3.63) is 30.3 Å². The molecule has 0 spiro atoms.